The lowest BCUT2D eigenvalue weighted by atomic mass is 10.0. The fourth-order valence-corrected chi connectivity index (χ4v) is 4.16. The number of aliphatic hydroxyl groups is 2. The van der Waals surface area contributed by atoms with Crippen molar-refractivity contribution in [3.05, 3.63) is 64.9 Å². The summed E-state index contributed by atoms with van der Waals surface area (Å²) in [5, 5.41) is 30.5. The number of hydrogen-bond acceptors (Lipinski definition) is 8. The second-order valence-corrected chi connectivity index (χ2v) is 9.12. The lowest BCUT2D eigenvalue weighted by molar-refractivity contribution is 0.190. The van der Waals surface area contributed by atoms with E-state index in [4.69, 9.17) is 21.4 Å². The molecule has 0 saturated heterocycles. The number of pyridine rings is 1. The van der Waals surface area contributed by atoms with E-state index in [0.717, 1.165) is 28.0 Å². The Labute approximate surface area is 215 Å². The van der Waals surface area contributed by atoms with Crippen LogP contribution < -0.4 is 15.4 Å². The number of hydrogen-bond donors (Lipinski definition) is 4. The Bertz CT molecular complexity index is 1320. The summed E-state index contributed by atoms with van der Waals surface area (Å²) in [5.74, 6) is 0.502. The molecule has 0 bridgehead atoms. The van der Waals surface area contributed by atoms with E-state index < -0.39 is 12.2 Å². The summed E-state index contributed by atoms with van der Waals surface area (Å²) in [4.78, 5) is 9.25. The highest BCUT2D eigenvalue weighted by atomic mass is 35.5. The average molecular weight is 511 g/mol. The third-order valence-corrected chi connectivity index (χ3v) is 5.96. The Balaban J connectivity index is 1.60. The van der Waals surface area contributed by atoms with E-state index in [1.165, 1.54) is 0 Å². The van der Waals surface area contributed by atoms with Crippen LogP contribution in [-0.4, -0.2) is 62.2 Å². The summed E-state index contributed by atoms with van der Waals surface area (Å²) in [6.07, 6.45) is 1.01. The first-order chi connectivity index (χ1) is 17.4. The van der Waals surface area contributed by atoms with Gasteiger partial charge in [-0.15, -0.1) is 0 Å². The molecule has 4 rings (SSSR count). The van der Waals surface area contributed by atoms with Gasteiger partial charge in [0, 0.05) is 42.9 Å². The van der Waals surface area contributed by atoms with Crippen LogP contribution in [0.1, 0.15) is 25.1 Å². The van der Waals surface area contributed by atoms with E-state index in [0.29, 0.717) is 48.5 Å². The third kappa shape index (κ3) is 6.18. The fraction of sp³-hybridized carbons (Fsp3) is 0.346. The molecule has 0 spiro atoms. The van der Waals surface area contributed by atoms with Gasteiger partial charge in [0.25, 0.3) is 0 Å². The van der Waals surface area contributed by atoms with Crippen molar-refractivity contribution >= 4 is 17.2 Å². The smallest absolute Gasteiger partial charge is 0.218 e. The van der Waals surface area contributed by atoms with Crippen LogP contribution in [-0.2, 0) is 13.1 Å². The van der Waals surface area contributed by atoms with E-state index >= 15 is 0 Å². The highest BCUT2D eigenvalue weighted by Crippen LogP contribution is 2.36. The molecule has 0 fully saturated rings. The van der Waals surface area contributed by atoms with Gasteiger partial charge in [0.2, 0.25) is 5.88 Å². The largest absolute Gasteiger partial charge is 0.481 e. The van der Waals surface area contributed by atoms with Crippen molar-refractivity contribution in [2.24, 2.45) is 0 Å². The van der Waals surface area contributed by atoms with Crippen molar-refractivity contribution in [1.29, 1.82) is 0 Å². The maximum atomic E-state index is 9.47. The number of ether oxygens (including phenoxy) is 1. The van der Waals surface area contributed by atoms with Gasteiger partial charge >= 0.3 is 0 Å². The van der Waals surface area contributed by atoms with Crippen LogP contribution in [0.3, 0.4) is 0 Å². The molecule has 190 valence electrons. The number of halogens is 1. The lowest BCUT2D eigenvalue weighted by Gasteiger charge is -2.13. The molecule has 0 radical (unpaired) electrons. The van der Waals surface area contributed by atoms with Crippen LogP contribution in [0.15, 0.2) is 48.7 Å². The second-order valence-electron chi connectivity index (χ2n) is 8.75. The maximum Gasteiger partial charge on any atom is 0.218 e. The maximum absolute atomic E-state index is 9.47. The number of nitrogens with one attached hydrogen (secondary N) is 2. The molecular formula is C26H31ClN6O3. The number of aliphatic hydroxyl groups excluding tert-OH is 2. The number of benzene rings is 1. The van der Waals surface area contributed by atoms with E-state index in [1.54, 1.807) is 25.5 Å². The zero-order valence-corrected chi connectivity index (χ0v) is 21.3. The second kappa shape index (κ2) is 11.8. The highest BCUT2D eigenvalue weighted by Gasteiger charge is 2.15. The molecule has 4 aromatic rings. The molecule has 1 aromatic carbocycles. The van der Waals surface area contributed by atoms with Crippen LogP contribution in [0.25, 0.3) is 28.2 Å². The van der Waals surface area contributed by atoms with E-state index in [9.17, 15) is 10.2 Å². The molecule has 0 aliphatic carbocycles. The van der Waals surface area contributed by atoms with Gasteiger partial charge in [-0.1, -0.05) is 35.9 Å². The summed E-state index contributed by atoms with van der Waals surface area (Å²) in [5.41, 5.74) is 5.40. The van der Waals surface area contributed by atoms with E-state index in [-0.39, 0.29) is 0 Å². The van der Waals surface area contributed by atoms with Crippen LogP contribution in [0.5, 0.6) is 5.88 Å². The number of imidazole rings is 1. The van der Waals surface area contributed by atoms with Gasteiger partial charge in [-0.2, -0.15) is 5.10 Å². The van der Waals surface area contributed by atoms with Crippen LogP contribution in [0.4, 0.5) is 0 Å². The molecule has 0 amide bonds. The minimum atomic E-state index is -0.432. The normalized spacial score (nSPS) is 13.2. The zero-order valence-electron chi connectivity index (χ0n) is 20.6. The van der Waals surface area contributed by atoms with Gasteiger partial charge in [-0.3, -0.25) is 0 Å². The summed E-state index contributed by atoms with van der Waals surface area (Å²) in [6.45, 7) is 5.51. The molecule has 0 unspecified atom stereocenters. The standard InChI is InChI=1S/C26H31ClN6O3/c1-16(34)11-28-13-18-7-8-22(31-26(18)36-3)20-5-4-6-21(25(20)27)23-9-10-24-30-19(15-33(24)32-23)14-29-12-17(2)35/h4-10,15-17,28-29,34-35H,11-14H2,1-3H3/t16-,17-/m0/s1. The topological polar surface area (TPSA) is 117 Å². The van der Waals surface area contributed by atoms with Gasteiger partial charge in [0.15, 0.2) is 5.65 Å². The zero-order chi connectivity index (χ0) is 25.7. The Morgan fingerprint density at radius 3 is 2.28 bits per heavy atom. The molecule has 9 nitrogen and oxygen atoms in total. The highest BCUT2D eigenvalue weighted by molar-refractivity contribution is 6.36. The number of fused-ring (bicyclic) bond motifs is 1. The van der Waals surface area contributed by atoms with Crippen molar-refractivity contribution in [3.8, 4) is 28.4 Å². The van der Waals surface area contributed by atoms with Crippen molar-refractivity contribution < 1.29 is 14.9 Å². The van der Waals surface area contributed by atoms with Crippen molar-refractivity contribution in [2.45, 2.75) is 39.1 Å². The fourth-order valence-electron chi connectivity index (χ4n) is 3.84. The lowest BCUT2D eigenvalue weighted by Crippen LogP contribution is -2.24. The van der Waals surface area contributed by atoms with Gasteiger partial charge in [0.1, 0.15) is 0 Å². The van der Waals surface area contributed by atoms with Crippen LogP contribution >= 0.6 is 11.6 Å². The SMILES string of the molecule is COc1nc(-c2cccc(-c3ccc4nc(CNC[C@H](C)O)cn4n3)c2Cl)ccc1CNC[C@H](C)O. The third-order valence-electron chi connectivity index (χ3n) is 5.55. The van der Waals surface area contributed by atoms with Gasteiger partial charge in [-0.25, -0.2) is 14.5 Å². The molecule has 36 heavy (non-hydrogen) atoms. The van der Waals surface area contributed by atoms with Gasteiger partial charge in [0.05, 0.1) is 47.6 Å². The number of aromatic nitrogens is 4. The molecule has 0 saturated carbocycles. The number of methoxy groups -OCH3 is 1. The molecular weight excluding hydrogens is 480 g/mol. The van der Waals surface area contributed by atoms with Crippen LogP contribution in [0.2, 0.25) is 5.02 Å². The van der Waals surface area contributed by atoms with Crippen molar-refractivity contribution in [1.82, 2.24) is 30.2 Å². The molecule has 2 atom stereocenters. The quantitative estimate of drug-likeness (QED) is 0.243. The van der Waals surface area contributed by atoms with Gasteiger partial charge in [-0.05, 0) is 32.0 Å². The number of rotatable bonds is 11. The van der Waals surface area contributed by atoms with E-state index in [2.05, 4.69) is 20.6 Å². The van der Waals surface area contributed by atoms with E-state index in [1.807, 2.05) is 48.7 Å². The summed E-state index contributed by atoms with van der Waals surface area (Å²) < 4.78 is 7.24. The first-order valence-corrected chi connectivity index (χ1v) is 12.2. The van der Waals surface area contributed by atoms with Crippen LogP contribution in [0, 0.1) is 0 Å². The molecule has 0 aliphatic heterocycles. The molecule has 3 heterocycles. The summed E-state index contributed by atoms with van der Waals surface area (Å²) >= 11 is 6.87. The number of nitrogens with zero attached hydrogens (tertiary/aromatic N) is 4. The Hall–Kier alpha value is -3.08. The molecule has 3 aromatic heterocycles. The minimum Gasteiger partial charge on any atom is -0.481 e. The predicted molar refractivity (Wildman–Crippen MR) is 140 cm³/mol. The molecule has 4 N–H and O–H groups in total. The first kappa shape index (κ1) is 26.0. The summed E-state index contributed by atoms with van der Waals surface area (Å²) in [6, 6.07) is 13.4. The van der Waals surface area contributed by atoms with Crippen molar-refractivity contribution in [2.75, 3.05) is 20.2 Å². The average Bonchev–Trinajstić information content (AvgIpc) is 3.26. The predicted octanol–water partition coefficient (Wildman–Crippen LogP) is 3.06. The first-order valence-electron chi connectivity index (χ1n) is 11.8. The minimum absolute atomic E-state index is 0.418. The Kier molecular flexibility index (Phi) is 8.50. The Morgan fingerprint density at radius 1 is 0.917 bits per heavy atom. The molecule has 10 heteroatoms. The van der Waals surface area contributed by atoms with Gasteiger partial charge < -0.3 is 25.6 Å². The monoisotopic (exact) mass is 510 g/mol. The van der Waals surface area contributed by atoms with Crippen molar-refractivity contribution in [3.63, 3.8) is 0 Å². The summed E-state index contributed by atoms with van der Waals surface area (Å²) in [7, 11) is 1.58. The molecule has 0 aliphatic rings. The Morgan fingerprint density at radius 2 is 1.58 bits per heavy atom.